The molecule has 0 amide bonds. The van der Waals surface area contributed by atoms with Gasteiger partial charge >= 0.3 is 0 Å². The zero-order chi connectivity index (χ0) is 12.8. The first-order valence-corrected chi connectivity index (χ1v) is 5.52. The highest BCUT2D eigenvalue weighted by molar-refractivity contribution is 5.52. The Balaban J connectivity index is 2.91. The molecule has 0 radical (unpaired) electrons. The summed E-state index contributed by atoms with van der Waals surface area (Å²) in [5, 5.41) is 10.9. The fourth-order valence-corrected chi connectivity index (χ4v) is 1.50. The van der Waals surface area contributed by atoms with Crippen molar-refractivity contribution in [3.63, 3.8) is 0 Å². The Morgan fingerprint density at radius 1 is 1.41 bits per heavy atom. The van der Waals surface area contributed by atoms with Crippen molar-refractivity contribution in [1.29, 1.82) is 0 Å². The van der Waals surface area contributed by atoms with Gasteiger partial charge in [-0.15, -0.1) is 0 Å². The SMILES string of the molecule is COc1ccc(C=C(CC(C)C)[N+](=O)[O-])cc1. The van der Waals surface area contributed by atoms with Crippen LogP contribution in [0.4, 0.5) is 0 Å². The zero-order valence-electron chi connectivity index (χ0n) is 10.3. The molecule has 92 valence electrons. The van der Waals surface area contributed by atoms with E-state index in [9.17, 15) is 10.1 Å². The highest BCUT2D eigenvalue weighted by Crippen LogP contribution is 2.18. The minimum Gasteiger partial charge on any atom is -0.497 e. The Labute approximate surface area is 101 Å². The molecule has 0 heterocycles. The number of nitro groups is 1. The molecule has 0 aliphatic heterocycles. The van der Waals surface area contributed by atoms with Gasteiger partial charge in [-0.2, -0.15) is 0 Å². The standard InChI is InChI=1S/C13H17NO3/c1-10(2)8-12(14(15)16)9-11-4-6-13(17-3)7-5-11/h4-7,9-10H,8H2,1-3H3. The van der Waals surface area contributed by atoms with Gasteiger partial charge in [0.1, 0.15) is 5.75 Å². The molecular formula is C13H17NO3. The first-order valence-electron chi connectivity index (χ1n) is 5.52. The molecule has 0 aliphatic rings. The summed E-state index contributed by atoms with van der Waals surface area (Å²) < 4.78 is 5.03. The van der Waals surface area contributed by atoms with Gasteiger partial charge in [-0.3, -0.25) is 10.1 Å². The van der Waals surface area contributed by atoms with E-state index in [0.29, 0.717) is 6.42 Å². The predicted molar refractivity (Wildman–Crippen MR) is 67.4 cm³/mol. The molecule has 0 saturated carbocycles. The van der Waals surface area contributed by atoms with E-state index in [1.807, 2.05) is 26.0 Å². The summed E-state index contributed by atoms with van der Waals surface area (Å²) in [6.07, 6.45) is 2.08. The number of methoxy groups -OCH3 is 1. The summed E-state index contributed by atoms with van der Waals surface area (Å²) in [7, 11) is 1.59. The molecule has 0 aliphatic carbocycles. The maximum atomic E-state index is 10.9. The molecule has 0 fully saturated rings. The van der Waals surface area contributed by atoms with Crippen LogP contribution in [0.2, 0.25) is 0 Å². The first-order chi connectivity index (χ1) is 8.02. The molecule has 1 aromatic rings. The van der Waals surface area contributed by atoms with Gasteiger partial charge in [0.25, 0.3) is 0 Å². The number of benzene rings is 1. The Bertz CT molecular complexity index is 407. The van der Waals surface area contributed by atoms with E-state index in [2.05, 4.69) is 0 Å². The number of hydrogen-bond acceptors (Lipinski definition) is 3. The van der Waals surface area contributed by atoms with Crippen molar-refractivity contribution in [2.24, 2.45) is 5.92 Å². The van der Waals surface area contributed by atoms with Crippen LogP contribution in [0, 0.1) is 16.0 Å². The second-order valence-corrected chi connectivity index (χ2v) is 4.26. The number of hydrogen-bond donors (Lipinski definition) is 0. The van der Waals surface area contributed by atoms with Gasteiger partial charge in [0.15, 0.2) is 0 Å². The van der Waals surface area contributed by atoms with Crippen LogP contribution in [0.3, 0.4) is 0 Å². The summed E-state index contributed by atoms with van der Waals surface area (Å²) in [6.45, 7) is 3.93. The minimum absolute atomic E-state index is 0.241. The Morgan fingerprint density at radius 2 is 2.00 bits per heavy atom. The van der Waals surface area contributed by atoms with Crippen LogP contribution >= 0.6 is 0 Å². The van der Waals surface area contributed by atoms with Gasteiger partial charge in [-0.05, 0) is 23.6 Å². The van der Waals surface area contributed by atoms with Crippen molar-refractivity contribution in [1.82, 2.24) is 0 Å². The summed E-state index contributed by atoms with van der Waals surface area (Å²) in [5.41, 5.74) is 1.06. The van der Waals surface area contributed by atoms with Crippen LogP contribution in [0.1, 0.15) is 25.8 Å². The Morgan fingerprint density at radius 3 is 2.41 bits per heavy atom. The Hall–Kier alpha value is -1.84. The normalized spacial score (nSPS) is 11.6. The van der Waals surface area contributed by atoms with Gasteiger partial charge in [0.2, 0.25) is 5.70 Å². The molecule has 4 nitrogen and oxygen atoms in total. The van der Waals surface area contributed by atoms with Gasteiger partial charge in [0, 0.05) is 12.5 Å². The molecule has 0 unspecified atom stereocenters. The number of nitrogens with zero attached hydrogens (tertiary/aromatic N) is 1. The molecule has 0 N–H and O–H groups in total. The molecule has 1 aromatic carbocycles. The lowest BCUT2D eigenvalue weighted by Gasteiger charge is -2.03. The molecule has 1 rings (SSSR count). The fraction of sp³-hybridized carbons (Fsp3) is 0.385. The van der Waals surface area contributed by atoms with Crippen molar-refractivity contribution in [2.45, 2.75) is 20.3 Å². The fourth-order valence-electron chi connectivity index (χ4n) is 1.50. The van der Waals surface area contributed by atoms with Crippen molar-refractivity contribution < 1.29 is 9.66 Å². The second-order valence-electron chi connectivity index (χ2n) is 4.26. The highest BCUT2D eigenvalue weighted by Gasteiger charge is 2.12. The average molecular weight is 235 g/mol. The maximum absolute atomic E-state index is 10.9. The van der Waals surface area contributed by atoms with Crippen LogP contribution in [-0.4, -0.2) is 12.0 Å². The van der Waals surface area contributed by atoms with E-state index in [1.165, 1.54) is 0 Å². The first kappa shape index (κ1) is 13.2. The molecule has 0 spiro atoms. The average Bonchev–Trinajstić information content (AvgIpc) is 2.28. The molecule has 0 atom stereocenters. The van der Waals surface area contributed by atoms with E-state index in [1.54, 1.807) is 25.3 Å². The van der Waals surface area contributed by atoms with E-state index in [-0.39, 0.29) is 16.5 Å². The molecule has 4 heteroatoms. The lowest BCUT2D eigenvalue weighted by Crippen LogP contribution is -2.02. The molecule has 0 saturated heterocycles. The minimum atomic E-state index is -0.315. The van der Waals surface area contributed by atoms with Gasteiger partial charge in [-0.1, -0.05) is 26.0 Å². The monoisotopic (exact) mass is 235 g/mol. The van der Waals surface area contributed by atoms with Gasteiger partial charge < -0.3 is 4.74 Å². The second kappa shape index (κ2) is 6.03. The molecule has 0 bridgehead atoms. The van der Waals surface area contributed by atoms with Crippen molar-refractivity contribution in [3.8, 4) is 5.75 Å². The largest absolute Gasteiger partial charge is 0.497 e. The highest BCUT2D eigenvalue weighted by atomic mass is 16.6. The van der Waals surface area contributed by atoms with E-state index >= 15 is 0 Å². The van der Waals surface area contributed by atoms with E-state index < -0.39 is 0 Å². The third-order valence-electron chi connectivity index (χ3n) is 2.30. The molecule has 0 aromatic heterocycles. The van der Waals surface area contributed by atoms with Crippen molar-refractivity contribution >= 4 is 6.08 Å². The van der Waals surface area contributed by atoms with E-state index in [0.717, 1.165) is 11.3 Å². The number of allylic oxidation sites excluding steroid dienone is 1. The van der Waals surface area contributed by atoms with Gasteiger partial charge in [-0.25, -0.2) is 0 Å². The maximum Gasteiger partial charge on any atom is 0.247 e. The van der Waals surface area contributed by atoms with Crippen molar-refractivity contribution in [3.05, 3.63) is 45.6 Å². The smallest absolute Gasteiger partial charge is 0.247 e. The quantitative estimate of drug-likeness (QED) is 0.580. The Kier molecular flexibility index (Phi) is 4.69. The van der Waals surface area contributed by atoms with Crippen LogP contribution < -0.4 is 4.74 Å². The molecule has 17 heavy (non-hydrogen) atoms. The summed E-state index contributed by atoms with van der Waals surface area (Å²) in [4.78, 5) is 10.6. The predicted octanol–water partition coefficient (Wildman–Crippen LogP) is 3.36. The zero-order valence-corrected chi connectivity index (χ0v) is 10.3. The third-order valence-corrected chi connectivity index (χ3v) is 2.30. The summed E-state index contributed by atoms with van der Waals surface area (Å²) in [6, 6.07) is 7.20. The van der Waals surface area contributed by atoms with Crippen LogP contribution in [-0.2, 0) is 0 Å². The molecular weight excluding hydrogens is 218 g/mol. The summed E-state index contributed by atoms with van der Waals surface area (Å²) in [5.74, 6) is 1.01. The van der Waals surface area contributed by atoms with Crippen LogP contribution in [0.15, 0.2) is 30.0 Å². The lowest BCUT2D eigenvalue weighted by molar-refractivity contribution is -0.427. The van der Waals surface area contributed by atoms with Crippen molar-refractivity contribution in [2.75, 3.05) is 7.11 Å². The lowest BCUT2D eigenvalue weighted by atomic mass is 10.1. The van der Waals surface area contributed by atoms with Gasteiger partial charge in [0.05, 0.1) is 12.0 Å². The number of rotatable bonds is 5. The van der Waals surface area contributed by atoms with Crippen LogP contribution in [0.25, 0.3) is 6.08 Å². The summed E-state index contributed by atoms with van der Waals surface area (Å²) >= 11 is 0. The topological polar surface area (TPSA) is 52.4 Å². The van der Waals surface area contributed by atoms with E-state index in [4.69, 9.17) is 4.74 Å². The van der Waals surface area contributed by atoms with Crippen LogP contribution in [0.5, 0.6) is 5.75 Å². The number of ether oxygens (including phenoxy) is 1. The third kappa shape index (κ3) is 4.26.